The molecule has 1 N–H and O–H groups in total. The Labute approximate surface area is 108 Å². The minimum absolute atomic E-state index is 0.478. The molecule has 0 aliphatic carbocycles. The lowest BCUT2D eigenvalue weighted by Gasteiger charge is -2.11. The first kappa shape index (κ1) is 13.0. The summed E-state index contributed by atoms with van der Waals surface area (Å²) in [6, 6.07) is 6.59. The summed E-state index contributed by atoms with van der Waals surface area (Å²) in [6.07, 6.45) is 0. The van der Waals surface area contributed by atoms with Crippen molar-refractivity contribution in [3.05, 3.63) is 28.2 Å². The standard InChI is InChI=1S/C11H15Br2NO/c1-8(6-12)14-7-9-3-4-11(15-2)10(13)5-9/h3-5,8,14H,6-7H2,1-2H3. The number of ether oxygens (including phenoxy) is 1. The third kappa shape index (κ3) is 4.13. The van der Waals surface area contributed by atoms with Gasteiger partial charge in [-0.2, -0.15) is 0 Å². The van der Waals surface area contributed by atoms with Crippen molar-refractivity contribution >= 4 is 31.9 Å². The lowest BCUT2D eigenvalue weighted by atomic mass is 10.2. The van der Waals surface area contributed by atoms with Crippen molar-refractivity contribution in [2.24, 2.45) is 0 Å². The van der Waals surface area contributed by atoms with E-state index >= 15 is 0 Å². The first-order valence-electron chi connectivity index (χ1n) is 4.79. The minimum atomic E-state index is 0.478. The van der Waals surface area contributed by atoms with Crippen LogP contribution in [0, 0.1) is 0 Å². The molecule has 15 heavy (non-hydrogen) atoms. The van der Waals surface area contributed by atoms with E-state index in [9.17, 15) is 0 Å². The number of alkyl halides is 1. The SMILES string of the molecule is COc1ccc(CNC(C)CBr)cc1Br. The van der Waals surface area contributed by atoms with E-state index < -0.39 is 0 Å². The number of nitrogens with one attached hydrogen (secondary N) is 1. The fourth-order valence-corrected chi connectivity index (χ4v) is 1.98. The fourth-order valence-electron chi connectivity index (χ4n) is 1.17. The first-order valence-corrected chi connectivity index (χ1v) is 6.70. The third-order valence-electron chi connectivity index (χ3n) is 2.10. The van der Waals surface area contributed by atoms with Gasteiger partial charge in [-0.1, -0.05) is 22.0 Å². The Hall–Kier alpha value is -0.0600. The minimum Gasteiger partial charge on any atom is -0.496 e. The van der Waals surface area contributed by atoms with Gasteiger partial charge in [0.2, 0.25) is 0 Å². The molecule has 0 spiro atoms. The third-order valence-corrected chi connectivity index (χ3v) is 3.69. The summed E-state index contributed by atoms with van der Waals surface area (Å²) in [5.74, 6) is 0.868. The molecule has 0 radical (unpaired) electrons. The summed E-state index contributed by atoms with van der Waals surface area (Å²) in [5, 5.41) is 4.37. The average molecular weight is 337 g/mol. The zero-order valence-electron chi connectivity index (χ0n) is 8.89. The molecule has 2 nitrogen and oxygen atoms in total. The van der Waals surface area contributed by atoms with Crippen LogP contribution in [-0.2, 0) is 6.54 Å². The van der Waals surface area contributed by atoms with E-state index in [1.807, 2.05) is 6.07 Å². The Balaban J connectivity index is 2.59. The number of hydrogen-bond acceptors (Lipinski definition) is 2. The van der Waals surface area contributed by atoms with Gasteiger partial charge < -0.3 is 10.1 Å². The quantitative estimate of drug-likeness (QED) is 0.833. The van der Waals surface area contributed by atoms with E-state index in [0.29, 0.717) is 6.04 Å². The molecular formula is C11H15Br2NO. The number of benzene rings is 1. The van der Waals surface area contributed by atoms with Gasteiger partial charge in [0.1, 0.15) is 5.75 Å². The highest BCUT2D eigenvalue weighted by Crippen LogP contribution is 2.25. The van der Waals surface area contributed by atoms with E-state index in [4.69, 9.17) is 4.74 Å². The monoisotopic (exact) mass is 335 g/mol. The highest BCUT2D eigenvalue weighted by atomic mass is 79.9. The van der Waals surface area contributed by atoms with Crippen molar-refractivity contribution in [3.8, 4) is 5.75 Å². The smallest absolute Gasteiger partial charge is 0.133 e. The summed E-state index contributed by atoms with van der Waals surface area (Å²) >= 11 is 6.90. The molecule has 0 aromatic heterocycles. The van der Waals surface area contributed by atoms with Gasteiger partial charge >= 0.3 is 0 Å². The highest BCUT2D eigenvalue weighted by Gasteiger charge is 2.02. The van der Waals surface area contributed by atoms with Crippen molar-refractivity contribution in [2.75, 3.05) is 12.4 Å². The van der Waals surface area contributed by atoms with Crippen molar-refractivity contribution in [1.82, 2.24) is 5.32 Å². The summed E-state index contributed by atoms with van der Waals surface area (Å²) in [7, 11) is 1.67. The molecule has 0 fully saturated rings. The van der Waals surface area contributed by atoms with Crippen molar-refractivity contribution < 1.29 is 4.74 Å². The summed E-state index contributed by atoms with van der Waals surface area (Å²) in [6.45, 7) is 3.02. The van der Waals surface area contributed by atoms with Gasteiger partial charge in [0.25, 0.3) is 0 Å². The van der Waals surface area contributed by atoms with Crippen LogP contribution in [0.4, 0.5) is 0 Å². The van der Waals surface area contributed by atoms with Crippen LogP contribution in [0.25, 0.3) is 0 Å². The molecule has 4 heteroatoms. The second-order valence-corrected chi connectivity index (χ2v) is 4.91. The van der Waals surface area contributed by atoms with Crippen LogP contribution in [0.1, 0.15) is 12.5 Å². The molecule has 1 atom stereocenters. The Bertz CT molecular complexity index is 317. The molecule has 0 aliphatic heterocycles. The molecule has 0 saturated heterocycles. The van der Waals surface area contributed by atoms with Crippen molar-refractivity contribution in [1.29, 1.82) is 0 Å². The maximum absolute atomic E-state index is 5.17. The lowest BCUT2D eigenvalue weighted by molar-refractivity contribution is 0.412. The van der Waals surface area contributed by atoms with Crippen LogP contribution in [0.2, 0.25) is 0 Å². The van der Waals surface area contributed by atoms with E-state index in [2.05, 4.69) is 56.2 Å². The molecule has 1 aromatic carbocycles. The molecule has 0 aliphatic rings. The number of rotatable bonds is 5. The zero-order valence-corrected chi connectivity index (χ0v) is 12.1. The number of halogens is 2. The molecule has 1 unspecified atom stereocenters. The Morgan fingerprint density at radius 2 is 2.20 bits per heavy atom. The van der Waals surface area contributed by atoms with Crippen LogP contribution in [0.3, 0.4) is 0 Å². The van der Waals surface area contributed by atoms with Gasteiger partial charge in [-0.15, -0.1) is 0 Å². The van der Waals surface area contributed by atoms with Gasteiger partial charge in [-0.05, 0) is 40.5 Å². The molecule has 0 saturated carbocycles. The molecular weight excluding hydrogens is 322 g/mol. The summed E-state index contributed by atoms with van der Waals surface area (Å²) in [4.78, 5) is 0. The molecule has 0 heterocycles. The zero-order chi connectivity index (χ0) is 11.3. The highest BCUT2D eigenvalue weighted by molar-refractivity contribution is 9.10. The Morgan fingerprint density at radius 3 is 2.73 bits per heavy atom. The van der Waals surface area contributed by atoms with Crippen LogP contribution >= 0.6 is 31.9 Å². The van der Waals surface area contributed by atoms with Gasteiger partial charge in [0.05, 0.1) is 11.6 Å². The van der Waals surface area contributed by atoms with Crippen molar-refractivity contribution in [2.45, 2.75) is 19.5 Å². The number of hydrogen-bond donors (Lipinski definition) is 1. The van der Waals surface area contributed by atoms with Crippen LogP contribution in [0.15, 0.2) is 22.7 Å². The fraction of sp³-hybridized carbons (Fsp3) is 0.455. The van der Waals surface area contributed by atoms with Gasteiger partial charge in [-0.25, -0.2) is 0 Å². The second kappa shape index (κ2) is 6.51. The van der Waals surface area contributed by atoms with E-state index in [0.717, 1.165) is 22.1 Å². The van der Waals surface area contributed by atoms with Crippen LogP contribution in [0.5, 0.6) is 5.75 Å². The summed E-state index contributed by atoms with van der Waals surface area (Å²) < 4.78 is 6.17. The molecule has 1 rings (SSSR count). The predicted octanol–water partition coefficient (Wildman–Crippen LogP) is 3.33. The van der Waals surface area contributed by atoms with Crippen molar-refractivity contribution in [3.63, 3.8) is 0 Å². The maximum Gasteiger partial charge on any atom is 0.133 e. The molecule has 84 valence electrons. The predicted molar refractivity (Wildman–Crippen MR) is 70.8 cm³/mol. The Morgan fingerprint density at radius 1 is 1.47 bits per heavy atom. The molecule has 0 bridgehead atoms. The first-order chi connectivity index (χ1) is 7.17. The normalized spacial score (nSPS) is 12.5. The second-order valence-electron chi connectivity index (χ2n) is 3.41. The van der Waals surface area contributed by atoms with Gasteiger partial charge in [0, 0.05) is 17.9 Å². The molecule has 1 aromatic rings. The van der Waals surface area contributed by atoms with Gasteiger partial charge in [0.15, 0.2) is 0 Å². The lowest BCUT2D eigenvalue weighted by Crippen LogP contribution is -2.26. The summed E-state index contributed by atoms with van der Waals surface area (Å²) in [5.41, 5.74) is 1.25. The van der Waals surface area contributed by atoms with Crippen LogP contribution in [-0.4, -0.2) is 18.5 Å². The van der Waals surface area contributed by atoms with E-state index in [1.54, 1.807) is 7.11 Å². The molecule has 0 amide bonds. The van der Waals surface area contributed by atoms with E-state index in [1.165, 1.54) is 5.56 Å². The van der Waals surface area contributed by atoms with Gasteiger partial charge in [-0.3, -0.25) is 0 Å². The number of methoxy groups -OCH3 is 1. The maximum atomic E-state index is 5.17. The Kier molecular flexibility index (Phi) is 5.64. The average Bonchev–Trinajstić information content (AvgIpc) is 2.26. The largest absolute Gasteiger partial charge is 0.496 e. The topological polar surface area (TPSA) is 21.3 Å². The van der Waals surface area contributed by atoms with Crippen LogP contribution < -0.4 is 10.1 Å². The van der Waals surface area contributed by atoms with E-state index in [-0.39, 0.29) is 0 Å².